The van der Waals surface area contributed by atoms with E-state index in [9.17, 15) is 9.59 Å². The van der Waals surface area contributed by atoms with Crippen molar-refractivity contribution in [2.24, 2.45) is 0 Å². The predicted octanol–water partition coefficient (Wildman–Crippen LogP) is 2.86. The number of rotatable bonds is 6. The third-order valence-electron chi connectivity index (χ3n) is 3.26. The summed E-state index contributed by atoms with van der Waals surface area (Å²) >= 11 is 0. The molecule has 0 saturated carbocycles. The van der Waals surface area contributed by atoms with E-state index < -0.39 is 0 Å². The molecule has 7 nitrogen and oxygen atoms in total. The number of carbonyl (C=O) groups excluding carboxylic acids is 2. The summed E-state index contributed by atoms with van der Waals surface area (Å²) in [6, 6.07) is 13.7. The van der Waals surface area contributed by atoms with E-state index in [4.69, 9.17) is 9.47 Å². The SMILES string of the molecule is COc1cccc(NC(=O)NCC#CCOc2cccc(NC(C)=O)c2)c1. The second kappa shape index (κ2) is 10.4. The van der Waals surface area contributed by atoms with E-state index in [-0.39, 0.29) is 25.1 Å². The Morgan fingerprint density at radius 2 is 1.63 bits per heavy atom. The molecule has 0 bridgehead atoms. The molecule has 0 radical (unpaired) electrons. The summed E-state index contributed by atoms with van der Waals surface area (Å²) < 4.78 is 10.6. The third kappa shape index (κ3) is 7.40. The van der Waals surface area contributed by atoms with Crippen LogP contribution in [0.1, 0.15) is 6.92 Å². The molecule has 0 aliphatic carbocycles. The lowest BCUT2D eigenvalue weighted by molar-refractivity contribution is -0.114. The van der Waals surface area contributed by atoms with Gasteiger partial charge >= 0.3 is 6.03 Å². The van der Waals surface area contributed by atoms with Crippen molar-refractivity contribution >= 4 is 23.3 Å². The van der Waals surface area contributed by atoms with E-state index in [1.165, 1.54) is 6.92 Å². The van der Waals surface area contributed by atoms with Gasteiger partial charge in [0, 0.05) is 30.4 Å². The van der Waals surface area contributed by atoms with Crippen LogP contribution >= 0.6 is 0 Å². The second-order valence-corrected chi connectivity index (χ2v) is 5.39. The van der Waals surface area contributed by atoms with Crippen LogP contribution < -0.4 is 25.4 Å². The van der Waals surface area contributed by atoms with Crippen molar-refractivity contribution in [2.45, 2.75) is 6.92 Å². The van der Waals surface area contributed by atoms with E-state index >= 15 is 0 Å². The molecular weight excluding hydrogens is 346 g/mol. The Kier molecular flexibility index (Phi) is 7.54. The fraction of sp³-hybridized carbons (Fsp3) is 0.200. The van der Waals surface area contributed by atoms with Crippen molar-refractivity contribution in [2.75, 3.05) is 30.9 Å². The Bertz CT molecular complexity index is 856. The number of methoxy groups -OCH3 is 1. The highest BCUT2D eigenvalue weighted by atomic mass is 16.5. The highest BCUT2D eigenvalue weighted by molar-refractivity contribution is 5.89. The molecule has 0 aromatic heterocycles. The number of nitrogens with one attached hydrogen (secondary N) is 3. The molecule has 0 aliphatic heterocycles. The van der Waals surface area contributed by atoms with Gasteiger partial charge in [-0.1, -0.05) is 24.0 Å². The van der Waals surface area contributed by atoms with E-state index in [0.29, 0.717) is 22.9 Å². The Morgan fingerprint density at radius 1 is 0.963 bits per heavy atom. The third-order valence-corrected chi connectivity index (χ3v) is 3.26. The lowest BCUT2D eigenvalue weighted by atomic mass is 10.3. The number of carbonyl (C=O) groups is 2. The van der Waals surface area contributed by atoms with Crippen molar-refractivity contribution < 1.29 is 19.1 Å². The smallest absolute Gasteiger partial charge is 0.319 e. The molecule has 2 aromatic rings. The molecular formula is C20H21N3O4. The zero-order chi connectivity index (χ0) is 19.5. The molecule has 2 aromatic carbocycles. The topological polar surface area (TPSA) is 88.7 Å². The molecule has 140 valence electrons. The maximum atomic E-state index is 11.8. The molecule has 0 fully saturated rings. The van der Waals surface area contributed by atoms with Gasteiger partial charge in [0.1, 0.15) is 18.1 Å². The first-order chi connectivity index (χ1) is 13.1. The van der Waals surface area contributed by atoms with Crippen LogP contribution in [0.3, 0.4) is 0 Å². The number of amides is 3. The van der Waals surface area contributed by atoms with Gasteiger partial charge in [-0.05, 0) is 24.3 Å². The van der Waals surface area contributed by atoms with Crippen molar-refractivity contribution in [3.8, 4) is 23.3 Å². The lowest BCUT2D eigenvalue weighted by Gasteiger charge is -2.07. The predicted molar refractivity (Wildman–Crippen MR) is 104 cm³/mol. The van der Waals surface area contributed by atoms with Crippen molar-refractivity contribution in [3.63, 3.8) is 0 Å². The molecule has 3 amide bonds. The number of hydrogen-bond acceptors (Lipinski definition) is 4. The average Bonchev–Trinajstić information content (AvgIpc) is 2.64. The molecule has 7 heteroatoms. The molecule has 0 atom stereocenters. The van der Waals surface area contributed by atoms with Crippen LogP contribution in [0, 0.1) is 11.8 Å². The van der Waals surface area contributed by atoms with Gasteiger partial charge in [-0.2, -0.15) is 0 Å². The minimum absolute atomic E-state index is 0.148. The zero-order valence-corrected chi connectivity index (χ0v) is 15.2. The van der Waals surface area contributed by atoms with Crippen LogP contribution in [-0.2, 0) is 4.79 Å². The van der Waals surface area contributed by atoms with Crippen LogP contribution in [0.2, 0.25) is 0 Å². The van der Waals surface area contributed by atoms with Crippen LogP contribution in [0.4, 0.5) is 16.2 Å². The maximum absolute atomic E-state index is 11.8. The highest BCUT2D eigenvalue weighted by Crippen LogP contribution is 2.17. The van der Waals surface area contributed by atoms with Gasteiger partial charge in [0.25, 0.3) is 0 Å². The molecule has 0 unspecified atom stereocenters. The Hall–Kier alpha value is -3.66. The quantitative estimate of drug-likeness (QED) is 0.685. The second-order valence-electron chi connectivity index (χ2n) is 5.39. The van der Waals surface area contributed by atoms with Gasteiger partial charge in [0.15, 0.2) is 0 Å². The minimum Gasteiger partial charge on any atom is -0.497 e. The van der Waals surface area contributed by atoms with Gasteiger partial charge in [-0.15, -0.1) is 0 Å². The van der Waals surface area contributed by atoms with Crippen molar-refractivity contribution in [1.82, 2.24) is 5.32 Å². The fourth-order valence-corrected chi connectivity index (χ4v) is 2.10. The summed E-state index contributed by atoms with van der Waals surface area (Å²) in [5.74, 6) is 6.72. The first-order valence-electron chi connectivity index (χ1n) is 8.22. The first-order valence-corrected chi connectivity index (χ1v) is 8.22. The summed E-state index contributed by atoms with van der Waals surface area (Å²) in [6.07, 6.45) is 0. The summed E-state index contributed by atoms with van der Waals surface area (Å²) in [4.78, 5) is 22.8. The monoisotopic (exact) mass is 367 g/mol. The Morgan fingerprint density at radius 3 is 2.33 bits per heavy atom. The Labute approximate surface area is 158 Å². The molecule has 2 rings (SSSR count). The van der Waals surface area contributed by atoms with Gasteiger partial charge in [-0.25, -0.2) is 4.79 Å². The van der Waals surface area contributed by atoms with Crippen LogP contribution in [0.5, 0.6) is 11.5 Å². The molecule has 0 spiro atoms. The standard InChI is InChI=1S/C20H21N3O4/c1-15(24)22-16-7-6-10-19(14-16)27-12-4-3-11-21-20(25)23-17-8-5-9-18(13-17)26-2/h5-10,13-14H,11-12H2,1-2H3,(H,22,24)(H2,21,23,25). The largest absolute Gasteiger partial charge is 0.497 e. The van der Waals surface area contributed by atoms with E-state index in [1.807, 2.05) is 0 Å². The lowest BCUT2D eigenvalue weighted by Crippen LogP contribution is -2.28. The summed E-state index contributed by atoms with van der Waals surface area (Å²) in [5, 5.41) is 8.00. The summed E-state index contributed by atoms with van der Waals surface area (Å²) in [5.41, 5.74) is 1.28. The normalized spacial score (nSPS) is 9.41. The molecule has 3 N–H and O–H groups in total. The zero-order valence-electron chi connectivity index (χ0n) is 15.2. The van der Waals surface area contributed by atoms with E-state index in [0.717, 1.165) is 0 Å². The maximum Gasteiger partial charge on any atom is 0.319 e. The Balaban J connectivity index is 1.71. The van der Waals surface area contributed by atoms with Gasteiger partial charge < -0.3 is 25.4 Å². The average molecular weight is 367 g/mol. The van der Waals surface area contributed by atoms with Crippen molar-refractivity contribution in [3.05, 3.63) is 48.5 Å². The van der Waals surface area contributed by atoms with Gasteiger partial charge in [0.2, 0.25) is 5.91 Å². The van der Waals surface area contributed by atoms with Gasteiger partial charge in [0.05, 0.1) is 13.7 Å². The molecule has 0 saturated heterocycles. The van der Waals surface area contributed by atoms with Crippen LogP contribution in [0.15, 0.2) is 48.5 Å². The summed E-state index contributed by atoms with van der Waals surface area (Å²) in [6.45, 7) is 1.80. The van der Waals surface area contributed by atoms with E-state index in [1.54, 1.807) is 55.6 Å². The number of ether oxygens (including phenoxy) is 2. The fourth-order valence-electron chi connectivity index (χ4n) is 2.10. The highest BCUT2D eigenvalue weighted by Gasteiger charge is 2.01. The van der Waals surface area contributed by atoms with Crippen LogP contribution in [0.25, 0.3) is 0 Å². The number of urea groups is 1. The molecule has 27 heavy (non-hydrogen) atoms. The number of hydrogen-bond donors (Lipinski definition) is 3. The van der Waals surface area contributed by atoms with Crippen LogP contribution in [-0.4, -0.2) is 32.2 Å². The molecule has 0 aliphatic rings. The van der Waals surface area contributed by atoms with Crippen molar-refractivity contribution in [1.29, 1.82) is 0 Å². The first kappa shape index (κ1) is 19.7. The molecule has 0 heterocycles. The number of benzene rings is 2. The van der Waals surface area contributed by atoms with E-state index in [2.05, 4.69) is 27.8 Å². The summed E-state index contributed by atoms with van der Waals surface area (Å²) in [7, 11) is 1.56. The minimum atomic E-state index is -0.360. The number of anilines is 2. The van der Waals surface area contributed by atoms with Gasteiger partial charge in [-0.3, -0.25) is 4.79 Å².